The van der Waals surface area contributed by atoms with Gasteiger partial charge in [-0.25, -0.2) is 4.39 Å². The summed E-state index contributed by atoms with van der Waals surface area (Å²) in [6.45, 7) is 0.792. The molecule has 3 aromatic rings. The van der Waals surface area contributed by atoms with Gasteiger partial charge >= 0.3 is 0 Å². The van der Waals surface area contributed by atoms with E-state index in [2.05, 4.69) is 10.6 Å². The Balaban J connectivity index is 1.36. The van der Waals surface area contributed by atoms with Gasteiger partial charge in [0.25, 0.3) is 11.8 Å². The van der Waals surface area contributed by atoms with E-state index >= 15 is 0 Å². The molecular formula is C27H26FN3O4. The number of hydrogen-bond acceptors (Lipinski definition) is 4. The molecule has 2 N–H and O–H groups in total. The molecule has 1 fully saturated rings. The molecule has 1 aliphatic rings. The zero-order valence-corrected chi connectivity index (χ0v) is 19.3. The van der Waals surface area contributed by atoms with Gasteiger partial charge in [-0.1, -0.05) is 18.2 Å². The molecule has 0 spiro atoms. The van der Waals surface area contributed by atoms with E-state index in [0.717, 1.165) is 0 Å². The molecule has 0 bridgehead atoms. The Hall–Kier alpha value is -4.20. The highest BCUT2D eigenvalue weighted by Gasteiger charge is 2.28. The van der Waals surface area contributed by atoms with E-state index in [1.165, 1.54) is 18.2 Å². The topological polar surface area (TPSA) is 87.7 Å². The van der Waals surface area contributed by atoms with Crippen molar-refractivity contribution < 1.29 is 23.5 Å². The van der Waals surface area contributed by atoms with Gasteiger partial charge in [0.1, 0.15) is 11.6 Å². The molecule has 180 valence electrons. The SMILES string of the molecule is COc1ccc(NC(=O)c2ccccc2NC(=O)C2CCN(C(=O)c3cccc(F)c3)CC2)cc1. The number of hydrogen-bond donors (Lipinski definition) is 2. The quantitative estimate of drug-likeness (QED) is 0.547. The molecule has 0 atom stereocenters. The lowest BCUT2D eigenvalue weighted by molar-refractivity contribution is -0.121. The number of methoxy groups -OCH3 is 1. The van der Waals surface area contributed by atoms with Gasteiger partial charge in [0.15, 0.2) is 0 Å². The first kappa shape index (κ1) is 23.9. The van der Waals surface area contributed by atoms with Gasteiger partial charge in [-0.05, 0) is 67.4 Å². The monoisotopic (exact) mass is 475 g/mol. The Morgan fingerprint density at radius 1 is 0.914 bits per heavy atom. The van der Waals surface area contributed by atoms with Gasteiger partial charge in [0, 0.05) is 30.3 Å². The molecule has 4 rings (SSSR count). The third kappa shape index (κ3) is 5.84. The molecule has 0 unspecified atom stereocenters. The number of likely N-dealkylation sites (tertiary alicyclic amines) is 1. The number of piperidine rings is 1. The van der Waals surface area contributed by atoms with Crippen molar-refractivity contribution in [3.63, 3.8) is 0 Å². The standard InChI is InChI=1S/C27H26FN3O4/c1-35-22-11-9-21(10-12-22)29-26(33)23-7-2-3-8-24(23)30-25(32)18-13-15-31(16-14-18)27(34)19-5-4-6-20(28)17-19/h2-12,17-18H,13-16H2,1H3,(H,29,33)(H,30,32). The summed E-state index contributed by atoms with van der Waals surface area (Å²) in [5, 5.41) is 5.70. The molecule has 1 saturated heterocycles. The van der Waals surface area contributed by atoms with Crippen molar-refractivity contribution in [2.24, 2.45) is 5.92 Å². The summed E-state index contributed by atoms with van der Waals surface area (Å²) >= 11 is 0. The van der Waals surface area contributed by atoms with Crippen LogP contribution in [0.2, 0.25) is 0 Å². The van der Waals surface area contributed by atoms with Crippen LogP contribution in [0, 0.1) is 11.7 Å². The molecule has 8 heteroatoms. The fourth-order valence-electron chi connectivity index (χ4n) is 4.05. The third-order valence-corrected chi connectivity index (χ3v) is 6.00. The van der Waals surface area contributed by atoms with E-state index in [1.54, 1.807) is 66.6 Å². The number of halogens is 1. The minimum atomic E-state index is -0.459. The summed E-state index contributed by atoms with van der Waals surface area (Å²) in [6, 6.07) is 19.4. The first-order valence-corrected chi connectivity index (χ1v) is 11.3. The van der Waals surface area contributed by atoms with Crippen LogP contribution in [0.5, 0.6) is 5.75 Å². The molecule has 3 aromatic carbocycles. The summed E-state index contributed by atoms with van der Waals surface area (Å²) in [5.74, 6) is -0.874. The maximum Gasteiger partial charge on any atom is 0.257 e. The van der Waals surface area contributed by atoms with Crippen molar-refractivity contribution in [1.29, 1.82) is 0 Å². The summed E-state index contributed by atoms with van der Waals surface area (Å²) in [7, 11) is 1.57. The number of carbonyl (C=O) groups is 3. The van der Waals surface area contributed by atoms with Gasteiger partial charge in [-0.2, -0.15) is 0 Å². The van der Waals surface area contributed by atoms with Crippen LogP contribution in [0.1, 0.15) is 33.6 Å². The molecule has 1 aliphatic heterocycles. The first-order chi connectivity index (χ1) is 16.9. The average Bonchev–Trinajstić information content (AvgIpc) is 2.89. The number of nitrogens with one attached hydrogen (secondary N) is 2. The van der Waals surface area contributed by atoms with Gasteiger partial charge in [-0.15, -0.1) is 0 Å². The van der Waals surface area contributed by atoms with Crippen molar-refractivity contribution in [3.8, 4) is 5.75 Å². The fraction of sp³-hybridized carbons (Fsp3) is 0.222. The van der Waals surface area contributed by atoms with Crippen LogP contribution in [0.25, 0.3) is 0 Å². The molecule has 35 heavy (non-hydrogen) atoms. The van der Waals surface area contributed by atoms with Crippen molar-refractivity contribution in [1.82, 2.24) is 4.90 Å². The average molecular weight is 476 g/mol. The Bertz CT molecular complexity index is 1220. The molecule has 0 saturated carbocycles. The maximum absolute atomic E-state index is 13.5. The van der Waals surface area contributed by atoms with Crippen LogP contribution in [0.4, 0.5) is 15.8 Å². The number of rotatable bonds is 6. The highest BCUT2D eigenvalue weighted by molar-refractivity contribution is 6.10. The van der Waals surface area contributed by atoms with Crippen LogP contribution >= 0.6 is 0 Å². The van der Waals surface area contributed by atoms with Crippen LogP contribution in [-0.4, -0.2) is 42.8 Å². The van der Waals surface area contributed by atoms with Crippen LogP contribution in [-0.2, 0) is 4.79 Å². The molecule has 0 radical (unpaired) electrons. The second-order valence-corrected chi connectivity index (χ2v) is 8.29. The van der Waals surface area contributed by atoms with Crippen molar-refractivity contribution in [2.75, 3.05) is 30.8 Å². The Morgan fingerprint density at radius 3 is 2.31 bits per heavy atom. The third-order valence-electron chi connectivity index (χ3n) is 6.00. The van der Waals surface area contributed by atoms with E-state index < -0.39 is 5.82 Å². The zero-order chi connectivity index (χ0) is 24.8. The number of para-hydroxylation sites is 1. The van der Waals surface area contributed by atoms with Crippen LogP contribution in [0.3, 0.4) is 0 Å². The van der Waals surface area contributed by atoms with Gasteiger partial charge < -0.3 is 20.3 Å². The lowest BCUT2D eigenvalue weighted by atomic mass is 9.95. The lowest BCUT2D eigenvalue weighted by Gasteiger charge is -2.31. The summed E-state index contributed by atoms with van der Waals surface area (Å²) in [5.41, 5.74) is 1.66. The van der Waals surface area contributed by atoms with E-state index in [4.69, 9.17) is 4.74 Å². The Kier molecular flexibility index (Phi) is 7.40. The second-order valence-electron chi connectivity index (χ2n) is 8.29. The van der Waals surface area contributed by atoms with Crippen LogP contribution in [0.15, 0.2) is 72.8 Å². The molecule has 1 heterocycles. The van der Waals surface area contributed by atoms with Gasteiger partial charge in [-0.3, -0.25) is 14.4 Å². The molecule has 0 aliphatic carbocycles. The number of carbonyl (C=O) groups excluding carboxylic acids is 3. The van der Waals surface area contributed by atoms with Gasteiger partial charge in [0.05, 0.1) is 18.4 Å². The fourth-order valence-corrected chi connectivity index (χ4v) is 4.05. The number of nitrogens with zero attached hydrogens (tertiary/aromatic N) is 1. The minimum Gasteiger partial charge on any atom is -0.497 e. The highest BCUT2D eigenvalue weighted by atomic mass is 19.1. The largest absolute Gasteiger partial charge is 0.497 e. The van der Waals surface area contributed by atoms with Gasteiger partial charge in [0.2, 0.25) is 5.91 Å². The summed E-state index contributed by atoms with van der Waals surface area (Å²) in [6.07, 6.45) is 0.959. The van der Waals surface area contributed by atoms with Crippen molar-refractivity contribution in [2.45, 2.75) is 12.8 Å². The molecular weight excluding hydrogens is 449 g/mol. The molecule has 0 aromatic heterocycles. The second kappa shape index (κ2) is 10.8. The van der Waals surface area contributed by atoms with E-state index in [1.807, 2.05) is 0 Å². The summed E-state index contributed by atoms with van der Waals surface area (Å²) in [4.78, 5) is 40.1. The Morgan fingerprint density at radius 2 is 1.63 bits per heavy atom. The van der Waals surface area contributed by atoms with Crippen LogP contribution < -0.4 is 15.4 Å². The lowest BCUT2D eigenvalue weighted by Crippen LogP contribution is -2.41. The first-order valence-electron chi connectivity index (χ1n) is 11.3. The molecule has 3 amide bonds. The number of anilines is 2. The van der Waals surface area contributed by atoms with Crippen molar-refractivity contribution >= 4 is 29.1 Å². The summed E-state index contributed by atoms with van der Waals surface area (Å²) < 4.78 is 18.6. The minimum absolute atomic E-state index is 0.201. The number of benzene rings is 3. The maximum atomic E-state index is 13.5. The number of amides is 3. The van der Waals surface area contributed by atoms with E-state index in [-0.39, 0.29) is 23.6 Å². The highest BCUT2D eigenvalue weighted by Crippen LogP contribution is 2.24. The molecule has 7 nitrogen and oxygen atoms in total. The predicted octanol–water partition coefficient (Wildman–Crippen LogP) is 4.58. The Labute approximate surface area is 202 Å². The predicted molar refractivity (Wildman–Crippen MR) is 131 cm³/mol. The van der Waals surface area contributed by atoms with E-state index in [9.17, 15) is 18.8 Å². The smallest absolute Gasteiger partial charge is 0.257 e. The normalized spacial score (nSPS) is 13.7. The van der Waals surface area contributed by atoms with Crippen molar-refractivity contribution in [3.05, 3.63) is 89.7 Å². The van der Waals surface area contributed by atoms with E-state index in [0.29, 0.717) is 54.2 Å². The number of ether oxygens (including phenoxy) is 1. The zero-order valence-electron chi connectivity index (χ0n) is 19.3.